The number of carbonyl (C=O) groups is 3. The Labute approximate surface area is 285 Å². The molecule has 0 bridgehead atoms. The summed E-state index contributed by atoms with van der Waals surface area (Å²) in [5.41, 5.74) is 6.38. The van der Waals surface area contributed by atoms with Gasteiger partial charge in [-0.05, 0) is 67.9 Å². The zero-order valence-corrected chi connectivity index (χ0v) is 27.0. The van der Waals surface area contributed by atoms with Crippen LogP contribution in [0.25, 0.3) is 5.70 Å². The van der Waals surface area contributed by atoms with Crippen LogP contribution in [0.4, 0.5) is 42.5 Å². The fourth-order valence-corrected chi connectivity index (χ4v) is 5.11. The number of rotatable bonds is 10. The molecule has 4 rings (SSSR count). The fourth-order valence-electron chi connectivity index (χ4n) is 4.25. The van der Waals surface area contributed by atoms with Gasteiger partial charge in [-0.1, -0.05) is 23.9 Å². The van der Waals surface area contributed by atoms with Gasteiger partial charge in [0.15, 0.2) is 5.17 Å². The van der Waals surface area contributed by atoms with E-state index in [2.05, 4.69) is 20.4 Å². The molecule has 1 saturated heterocycles. The van der Waals surface area contributed by atoms with Gasteiger partial charge in [0.25, 0.3) is 5.91 Å². The average Bonchev–Trinajstić information content (AvgIpc) is 3.36. The molecule has 1 fully saturated rings. The summed E-state index contributed by atoms with van der Waals surface area (Å²) in [7, 11) is 0. The van der Waals surface area contributed by atoms with E-state index in [0.29, 0.717) is 5.56 Å². The number of hydrogen-bond acceptors (Lipinski definition) is 8. The van der Waals surface area contributed by atoms with Crippen molar-refractivity contribution < 1.29 is 50.2 Å². The molecule has 3 aromatic carbocycles. The van der Waals surface area contributed by atoms with Crippen LogP contribution in [0.2, 0.25) is 0 Å². The smallest absolute Gasteiger partial charge is 0.491 e. The van der Waals surface area contributed by atoms with Crippen molar-refractivity contribution in [1.82, 2.24) is 5.32 Å². The summed E-state index contributed by atoms with van der Waals surface area (Å²) < 4.78 is 87.9. The van der Waals surface area contributed by atoms with Crippen LogP contribution in [0.5, 0.6) is 11.5 Å². The quantitative estimate of drug-likeness (QED) is 0.101. The predicted octanol–water partition coefficient (Wildman–Crippen LogP) is 6.83. The highest BCUT2D eigenvalue weighted by atomic mass is 32.2. The lowest BCUT2D eigenvalue weighted by Crippen LogP contribution is -2.31. The number of benzene rings is 3. The molecule has 3 aromatic rings. The third kappa shape index (κ3) is 10.5. The number of thioether (sulfide) groups is 1. The van der Waals surface area contributed by atoms with Crippen LogP contribution in [-0.2, 0) is 4.79 Å². The van der Waals surface area contributed by atoms with Crippen molar-refractivity contribution in [2.24, 2.45) is 10.7 Å². The molecular weight excluding hydrogens is 694 g/mol. The minimum Gasteiger partial charge on any atom is -0.491 e. The van der Waals surface area contributed by atoms with E-state index < -0.39 is 54.0 Å². The van der Waals surface area contributed by atoms with E-state index in [0.717, 1.165) is 66.1 Å². The Hall–Kier alpha value is -5.52. The topological polar surface area (TPSA) is 159 Å². The Morgan fingerprint density at radius 2 is 1.74 bits per heavy atom. The summed E-state index contributed by atoms with van der Waals surface area (Å²) in [5.74, 6) is -6.22. The van der Waals surface area contributed by atoms with E-state index in [9.17, 15) is 36.3 Å². The maximum Gasteiger partial charge on any atom is 0.573 e. The number of urea groups is 1. The first-order chi connectivity index (χ1) is 23.4. The number of carbonyl (C=O) groups excluding carboxylic acids is 3. The van der Waals surface area contributed by atoms with Crippen LogP contribution in [0, 0.1) is 18.2 Å². The molecule has 0 spiro atoms. The first kappa shape index (κ1) is 37.3. The molecule has 18 heteroatoms. The molecule has 11 nitrogen and oxygen atoms in total. The lowest BCUT2D eigenvalue weighted by molar-refractivity contribution is -0.274. The van der Waals surface area contributed by atoms with Gasteiger partial charge in [-0.15, -0.1) is 13.2 Å². The molecule has 0 radical (unpaired) electrons. The van der Waals surface area contributed by atoms with E-state index in [-0.39, 0.29) is 51.5 Å². The molecule has 0 aromatic heterocycles. The Kier molecular flexibility index (Phi) is 11.5. The van der Waals surface area contributed by atoms with Gasteiger partial charge in [-0.2, -0.15) is 4.99 Å². The first-order valence-corrected chi connectivity index (χ1v) is 15.4. The van der Waals surface area contributed by atoms with Crippen molar-refractivity contribution >= 4 is 57.7 Å². The summed E-state index contributed by atoms with van der Waals surface area (Å²) >= 11 is 0.932. The lowest BCUT2D eigenvalue weighted by atomic mass is 10.1. The number of hydrogen-bond donors (Lipinski definition) is 4. The summed E-state index contributed by atoms with van der Waals surface area (Å²) in [5, 5.41) is 12.4. The van der Waals surface area contributed by atoms with E-state index in [1.165, 1.54) is 12.1 Å². The SMILES string of the molecule is Cc1ccc(OCCC(C)(F)F)c(N2C(=O)CS/C2=N\C(=O)Nc2ccc(/C(N)=C/C(=N)NC(=O)c3ccc(OC(F)(F)F)cc3)cc2F)c1. The third-order valence-electron chi connectivity index (χ3n) is 6.56. The predicted molar refractivity (Wildman–Crippen MR) is 175 cm³/mol. The van der Waals surface area contributed by atoms with Gasteiger partial charge in [-0.3, -0.25) is 19.9 Å². The second kappa shape index (κ2) is 15.4. The van der Waals surface area contributed by atoms with Crippen LogP contribution < -0.4 is 30.7 Å². The molecule has 1 aliphatic heterocycles. The van der Waals surface area contributed by atoms with Crippen molar-refractivity contribution in [2.45, 2.75) is 32.6 Å². The second-order valence-corrected chi connectivity index (χ2v) is 11.7. The molecule has 4 amide bonds. The number of amidine groups is 2. The molecule has 0 saturated carbocycles. The van der Waals surface area contributed by atoms with Gasteiger partial charge < -0.3 is 25.8 Å². The number of nitrogens with zero attached hydrogens (tertiary/aromatic N) is 2. The highest BCUT2D eigenvalue weighted by Gasteiger charge is 2.33. The maximum absolute atomic E-state index is 15.0. The van der Waals surface area contributed by atoms with Gasteiger partial charge >= 0.3 is 12.4 Å². The van der Waals surface area contributed by atoms with Gasteiger partial charge in [0.05, 0.1) is 23.7 Å². The van der Waals surface area contributed by atoms with Crippen molar-refractivity contribution in [3.63, 3.8) is 0 Å². The molecule has 5 N–H and O–H groups in total. The average molecular weight is 723 g/mol. The number of anilines is 2. The largest absolute Gasteiger partial charge is 0.573 e. The van der Waals surface area contributed by atoms with Crippen LogP contribution in [0.3, 0.4) is 0 Å². The van der Waals surface area contributed by atoms with Crippen LogP contribution >= 0.6 is 11.8 Å². The van der Waals surface area contributed by atoms with Gasteiger partial charge in [0, 0.05) is 29.3 Å². The van der Waals surface area contributed by atoms with Crippen molar-refractivity contribution in [3.8, 4) is 11.5 Å². The van der Waals surface area contributed by atoms with E-state index >= 15 is 4.39 Å². The van der Waals surface area contributed by atoms with Crippen molar-refractivity contribution in [1.29, 1.82) is 5.41 Å². The molecule has 50 heavy (non-hydrogen) atoms. The summed E-state index contributed by atoms with van der Waals surface area (Å²) in [6, 6.07) is 11.1. The summed E-state index contributed by atoms with van der Waals surface area (Å²) in [6.45, 7) is 2.15. The number of alkyl halides is 5. The summed E-state index contributed by atoms with van der Waals surface area (Å²) in [6.07, 6.45) is -4.48. The van der Waals surface area contributed by atoms with E-state index in [1.807, 2.05) is 0 Å². The van der Waals surface area contributed by atoms with Crippen molar-refractivity contribution in [2.75, 3.05) is 22.6 Å². The summed E-state index contributed by atoms with van der Waals surface area (Å²) in [4.78, 5) is 43.0. The van der Waals surface area contributed by atoms with Gasteiger partial charge in [-0.25, -0.2) is 18.0 Å². The monoisotopic (exact) mass is 722 g/mol. The number of nitrogens with one attached hydrogen (secondary N) is 3. The standard InChI is InChI=1S/C32H28F6N6O5S/c1-17-3-10-25(48-12-11-31(2,34)35)24(13-17)44-27(45)16-50-30(44)43-29(47)41-23-9-6-19(14-21(23)33)22(39)15-26(40)42-28(46)18-4-7-20(8-5-18)49-32(36,37)38/h3-10,13-15H,11-12,16,39H2,1-2H3,(H,41,47)(H2,40,42,46)/b22-15-,43-30-. The zero-order valence-electron chi connectivity index (χ0n) is 26.2. The molecule has 0 atom stereocenters. The Bertz CT molecular complexity index is 1860. The fraction of sp³-hybridized carbons (Fsp3) is 0.219. The lowest BCUT2D eigenvalue weighted by Gasteiger charge is -2.21. The molecule has 0 unspecified atom stereocenters. The molecule has 0 aliphatic carbocycles. The first-order valence-electron chi connectivity index (χ1n) is 14.4. The normalized spacial score (nSPS) is 14.5. The second-order valence-electron chi connectivity index (χ2n) is 10.7. The van der Waals surface area contributed by atoms with Gasteiger partial charge in [0.1, 0.15) is 23.2 Å². The Morgan fingerprint density at radius 1 is 1.06 bits per heavy atom. The number of amides is 4. The van der Waals surface area contributed by atoms with Crippen LogP contribution in [-0.4, -0.2) is 53.5 Å². The maximum atomic E-state index is 15.0. The minimum atomic E-state index is -4.91. The van der Waals surface area contributed by atoms with Crippen LogP contribution in [0.1, 0.15) is 34.8 Å². The molecule has 264 valence electrons. The Balaban J connectivity index is 1.42. The highest BCUT2D eigenvalue weighted by Crippen LogP contribution is 2.36. The molecular formula is C32H28F6N6O5S. The zero-order chi connectivity index (χ0) is 36.8. The number of aryl methyl sites for hydroxylation is 1. The van der Waals surface area contributed by atoms with Crippen LogP contribution in [0.15, 0.2) is 71.7 Å². The number of aliphatic imine (C=N–C) groups is 1. The molecule has 1 aliphatic rings. The Morgan fingerprint density at radius 3 is 2.38 bits per heavy atom. The third-order valence-corrected chi connectivity index (χ3v) is 7.48. The number of halogens is 6. The molecule has 1 heterocycles. The van der Waals surface area contributed by atoms with Gasteiger partial charge in [0.2, 0.25) is 11.8 Å². The number of nitrogens with two attached hydrogens (primary N) is 1. The highest BCUT2D eigenvalue weighted by molar-refractivity contribution is 8.15. The van der Waals surface area contributed by atoms with E-state index in [1.54, 1.807) is 19.1 Å². The van der Waals surface area contributed by atoms with E-state index in [4.69, 9.17) is 15.9 Å². The van der Waals surface area contributed by atoms with Crippen molar-refractivity contribution in [3.05, 3.63) is 89.2 Å². The number of ether oxygens (including phenoxy) is 2. The minimum absolute atomic E-state index is 0.0564.